The monoisotopic (exact) mass is 407 g/mol. The third-order valence-corrected chi connectivity index (χ3v) is 5.52. The number of anilines is 2. The van der Waals surface area contributed by atoms with Gasteiger partial charge in [0, 0.05) is 27.4 Å². The molecular formula is C21H17N3O2S2. The van der Waals surface area contributed by atoms with E-state index in [1.54, 1.807) is 18.3 Å². The van der Waals surface area contributed by atoms with Gasteiger partial charge in [0.2, 0.25) is 0 Å². The minimum Gasteiger partial charge on any atom is -0.508 e. The summed E-state index contributed by atoms with van der Waals surface area (Å²) in [6.07, 6.45) is 1.77. The molecule has 0 saturated carbocycles. The Morgan fingerprint density at radius 1 is 1.04 bits per heavy atom. The number of ether oxygens (including phenoxy) is 1. The number of thiazole rings is 1. The molecule has 0 spiro atoms. The molecule has 0 radical (unpaired) electrons. The maximum atomic E-state index is 9.68. The molecule has 0 bridgehead atoms. The van der Waals surface area contributed by atoms with E-state index in [4.69, 9.17) is 4.74 Å². The highest BCUT2D eigenvalue weighted by Crippen LogP contribution is 2.37. The summed E-state index contributed by atoms with van der Waals surface area (Å²) in [6.45, 7) is 1.95. The van der Waals surface area contributed by atoms with Crippen molar-refractivity contribution in [3.63, 3.8) is 0 Å². The van der Waals surface area contributed by atoms with Gasteiger partial charge in [-0.15, -0.1) is 11.3 Å². The molecule has 2 aromatic carbocycles. The van der Waals surface area contributed by atoms with Gasteiger partial charge in [-0.2, -0.15) is 0 Å². The average molecular weight is 408 g/mol. The molecule has 2 heterocycles. The molecule has 4 aromatic rings. The fraction of sp³-hybridized carbons (Fsp3) is 0.0476. The summed E-state index contributed by atoms with van der Waals surface area (Å²) in [5.74, 6) is 2.15. The van der Waals surface area contributed by atoms with E-state index in [1.165, 1.54) is 23.1 Å². The van der Waals surface area contributed by atoms with E-state index in [2.05, 4.69) is 15.3 Å². The summed E-state index contributed by atoms with van der Waals surface area (Å²) < 4.78 is 6.08. The Hall–Kier alpha value is -3.03. The fourth-order valence-corrected chi connectivity index (χ4v) is 4.02. The van der Waals surface area contributed by atoms with Gasteiger partial charge in [0.25, 0.3) is 0 Å². The SMILES string of the molecule is Cc1csc(Nc2ncc(Sc3cccc(O)c3)cc2Oc2ccccc2)n1. The third-order valence-electron chi connectivity index (χ3n) is 3.70. The Kier molecular flexibility index (Phi) is 5.45. The molecule has 2 N–H and O–H groups in total. The van der Waals surface area contributed by atoms with Crippen molar-refractivity contribution in [3.05, 3.63) is 77.9 Å². The zero-order chi connectivity index (χ0) is 19.3. The zero-order valence-electron chi connectivity index (χ0n) is 15.0. The van der Waals surface area contributed by atoms with Crippen LogP contribution in [-0.4, -0.2) is 15.1 Å². The van der Waals surface area contributed by atoms with Crippen molar-refractivity contribution >= 4 is 34.0 Å². The van der Waals surface area contributed by atoms with Crippen molar-refractivity contribution in [3.8, 4) is 17.2 Å². The van der Waals surface area contributed by atoms with Crippen molar-refractivity contribution in [2.24, 2.45) is 0 Å². The van der Waals surface area contributed by atoms with Gasteiger partial charge in [0.15, 0.2) is 16.7 Å². The molecule has 140 valence electrons. The van der Waals surface area contributed by atoms with Crippen molar-refractivity contribution < 1.29 is 9.84 Å². The van der Waals surface area contributed by atoms with Crippen LogP contribution in [0, 0.1) is 6.92 Å². The summed E-state index contributed by atoms with van der Waals surface area (Å²) in [7, 11) is 0. The van der Waals surface area contributed by atoms with Crippen molar-refractivity contribution in [1.29, 1.82) is 0 Å². The number of hydrogen-bond donors (Lipinski definition) is 2. The first-order valence-corrected chi connectivity index (χ1v) is 10.2. The second-order valence-electron chi connectivity index (χ2n) is 5.95. The largest absolute Gasteiger partial charge is 0.508 e. The summed E-state index contributed by atoms with van der Waals surface area (Å²) in [6, 6.07) is 18.6. The first-order chi connectivity index (χ1) is 13.7. The number of hydrogen-bond acceptors (Lipinski definition) is 7. The highest BCUT2D eigenvalue weighted by Gasteiger charge is 2.12. The van der Waals surface area contributed by atoms with Gasteiger partial charge in [0.1, 0.15) is 11.5 Å². The number of nitrogens with one attached hydrogen (secondary N) is 1. The highest BCUT2D eigenvalue weighted by atomic mass is 32.2. The first-order valence-electron chi connectivity index (χ1n) is 8.55. The standard InChI is InChI=1S/C21H17N3O2S2/c1-14-13-27-21(23-14)24-20-19(26-16-7-3-2-4-8-16)11-18(12-22-20)28-17-9-5-6-15(25)10-17/h2-13,25H,1H3,(H,22,23,24). The summed E-state index contributed by atoms with van der Waals surface area (Å²) in [5.41, 5.74) is 0.953. The van der Waals surface area contributed by atoms with E-state index in [1.807, 2.05) is 60.8 Å². The molecule has 0 aliphatic carbocycles. The summed E-state index contributed by atoms with van der Waals surface area (Å²) in [4.78, 5) is 10.8. The molecule has 0 aliphatic heterocycles. The molecule has 4 rings (SSSR count). The predicted octanol–water partition coefficient (Wildman–Crippen LogP) is 6.24. The molecule has 0 amide bonds. The maximum absolute atomic E-state index is 9.68. The minimum atomic E-state index is 0.233. The lowest BCUT2D eigenvalue weighted by atomic mass is 10.3. The second kappa shape index (κ2) is 8.33. The molecule has 0 atom stereocenters. The number of aromatic nitrogens is 2. The number of phenolic OH excluding ortho intramolecular Hbond substituents is 1. The Morgan fingerprint density at radius 3 is 2.64 bits per heavy atom. The van der Waals surface area contributed by atoms with Crippen molar-refractivity contribution in [2.75, 3.05) is 5.32 Å². The number of para-hydroxylation sites is 1. The van der Waals surface area contributed by atoms with Crippen LogP contribution in [0.25, 0.3) is 0 Å². The van der Waals surface area contributed by atoms with Crippen LogP contribution in [0.5, 0.6) is 17.2 Å². The number of pyridine rings is 1. The van der Waals surface area contributed by atoms with Gasteiger partial charge in [-0.1, -0.05) is 36.0 Å². The Balaban J connectivity index is 1.65. The Labute approximate surface area is 171 Å². The van der Waals surface area contributed by atoms with Crippen molar-refractivity contribution in [1.82, 2.24) is 9.97 Å². The smallest absolute Gasteiger partial charge is 0.188 e. The number of rotatable bonds is 6. The molecule has 7 heteroatoms. The van der Waals surface area contributed by atoms with Crippen LogP contribution in [0.4, 0.5) is 10.9 Å². The third kappa shape index (κ3) is 4.62. The number of phenols is 1. The van der Waals surface area contributed by atoms with Gasteiger partial charge in [-0.25, -0.2) is 9.97 Å². The lowest BCUT2D eigenvalue weighted by Gasteiger charge is -2.12. The van der Waals surface area contributed by atoms with E-state index in [0.717, 1.165) is 26.4 Å². The van der Waals surface area contributed by atoms with Gasteiger partial charge in [-0.05, 0) is 37.3 Å². The summed E-state index contributed by atoms with van der Waals surface area (Å²) >= 11 is 3.02. The topological polar surface area (TPSA) is 67.3 Å². The molecule has 0 fully saturated rings. The van der Waals surface area contributed by atoms with Crippen LogP contribution < -0.4 is 10.1 Å². The van der Waals surface area contributed by atoms with Gasteiger partial charge < -0.3 is 15.2 Å². The van der Waals surface area contributed by atoms with E-state index < -0.39 is 0 Å². The zero-order valence-corrected chi connectivity index (χ0v) is 16.6. The first kappa shape index (κ1) is 18.3. The molecule has 5 nitrogen and oxygen atoms in total. The molecule has 0 aliphatic rings. The highest BCUT2D eigenvalue weighted by molar-refractivity contribution is 7.99. The second-order valence-corrected chi connectivity index (χ2v) is 7.96. The Bertz CT molecular complexity index is 1080. The van der Waals surface area contributed by atoms with Crippen LogP contribution in [-0.2, 0) is 0 Å². The van der Waals surface area contributed by atoms with Crippen LogP contribution in [0.1, 0.15) is 5.69 Å². The van der Waals surface area contributed by atoms with E-state index in [-0.39, 0.29) is 5.75 Å². The predicted molar refractivity (Wildman–Crippen MR) is 113 cm³/mol. The van der Waals surface area contributed by atoms with E-state index >= 15 is 0 Å². The fourth-order valence-electron chi connectivity index (χ4n) is 2.47. The van der Waals surface area contributed by atoms with Crippen LogP contribution in [0.2, 0.25) is 0 Å². The van der Waals surface area contributed by atoms with E-state index in [9.17, 15) is 5.11 Å². The number of benzene rings is 2. The summed E-state index contributed by atoms with van der Waals surface area (Å²) in [5, 5.41) is 15.7. The molecule has 2 aromatic heterocycles. The molecule has 28 heavy (non-hydrogen) atoms. The average Bonchev–Trinajstić information content (AvgIpc) is 3.09. The Morgan fingerprint density at radius 2 is 1.89 bits per heavy atom. The van der Waals surface area contributed by atoms with Gasteiger partial charge in [0.05, 0.1) is 5.69 Å². The number of aromatic hydroxyl groups is 1. The minimum absolute atomic E-state index is 0.233. The van der Waals surface area contributed by atoms with Crippen LogP contribution >= 0.6 is 23.1 Å². The van der Waals surface area contributed by atoms with Gasteiger partial charge >= 0.3 is 0 Å². The normalized spacial score (nSPS) is 10.6. The lowest BCUT2D eigenvalue weighted by Crippen LogP contribution is -1.97. The van der Waals surface area contributed by atoms with Crippen LogP contribution in [0.3, 0.4) is 0 Å². The molecule has 0 saturated heterocycles. The maximum Gasteiger partial charge on any atom is 0.188 e. The van der Waals surface area contributed by atoms with E-state index in [0.29, 0.717) is 11.6 Å². The molecular weight excluding hydrogens is 390 g/mol. The number of nitrogens with zero attached hydrogens (tertiary/aromatic N) is 2. The number of aryl methyl sites for hydroxylation is 1. The van der Waals surface area contributed by atoms with Crippen molar-refractivity contribution in [2.45, 2.75) is 16.7 Å². The quantitative estimate of drug-likeness (QED) is 0.394. The lowest BCUT2D eigenvalue weighted by molar-refractivity contribution is 0.474. The van der Waals surface area contributed by atoms with Crippen LogP contribution in [0.15, 0.2) is 82.0 Å². The molecule has 0 unspecified atom stereocenters. The van der Waals surface area contributed by atoms with Gasteiger partial charge in [-0.3, -0.25) is 0 Å².